The minimum atomic E-state index is -4.21. The molecule has 0 amide bonds. The smallest absolute Gasteiger partial charge is 0.341 e. The number of carbonyl (C=O) groups is 2. The molecule has 18 heteroatoms. The SMILES string of the molecule is C#CC(F)C(O)[C@@H](COP(=O)(NCC(=O)OCC)NCC(=O)OCC)OC(C)n1cnc2c(OC)nc(N)nc21. The molecule has 2 aromatic heterocycles. The molecule has 2 aromatic rings. The van der Waals surface area contributed by atoms with E-state index in [0.29, 0.717) is 0 Å². The molecule has 0 aliphatic rings. The molecule has 16 nitrogen and oxygen atoms in total. The Kier molecular flexibility index (Phi) is 12.6. The minimum Gasteiger partial charge on any atom is -0.479 e. The molecular weight excluding hydrogens is 556 g/mol. The van der Waals surface area contributed by atoms with E-state index in [4.69, 9.17) is 35.6 Å². The number of aliphatic hydroxyl groups excluding tert-OH is 1. The van der Waals surface area contributed by atoms with Crippen molar-refractivity contribution < 1.29 is 47.1 Å². The monoisotopic (exact) mass is 589 g/mol. The van der Waals surface area contributed by atoms with Crippen molar-refractivity contribution in [2.45, 2.75) is 45.4 Å². The summed E-state index contributed by atoms with van der Waals surface area (Å²) in [4.78, 5) is 35.8. The van der Waals surface area contributed by atoms with Crippen molar-refractivity contribution in [3.8, 4) is 18.2 Å². The number of nitrogens with two attached hydrogens (primary N) is 1. The maximum Gasteiger partial charge on any atom is 0.341 e. The highest BCUT2D eigenvalue weighted by atomic mass is 31.2. The van der Waals surface area contributed by atoms with E-state index in [1.807, 2.05) is 0 Å². The molecule has 4 atom stereocenters. The summed E-state index contributed by atoms with van der Waals surface area (Å²) in [5.74, 6) is 0.233. The number of halogens is 1. The number of aliphatic hydroxyl groups is 1. The number of alkyl halides is 1. The van der Waals surface area contributed by atoms with Gasteiger partial charge in [-0.3, -0.25) is 18.7 Å². The van der Waals surface area contributed by atoms with Crippen LogP contribution in [0, 0.1) is 12.3 Å². The zero-order valence-electron chi connectivity index (χ0n) is 22.4. The molecule has 0 aliphatic heterocycles. The highest BCUT2D eigenvalue weighted by Crippen LogP contribution is 2.38. The fourth-order valence-corrected chi connectivity index (χ4v) is 4.55. The molecule has 0 spiro atoms. The van der Waals surface area contributed by atoms with E-state index in [1.54, 1.807) is 19.8 Å². The number of esters is 2. The number of terminal acetylenes is 1. The molecule has 3 unspecified atom stereocenters. The predicted molar refractivity (Wildman–Crippen MR) is 138 cm³/mol. The molecule has 40 heavy (non-hydrogen) atoms. The molecule has 222 valence electrons. The summed E-state index contributed by atoms with van der Waals surface area (Å²) < 4.78 is 55.2. The number of ether oxygens (including phenoxy) is 4. The highest BCUT2D eigenvalue weighted by Gasteiger charge is 2.34. The molecule has 5 N–H and O–H groups in total. The van der Waals surface area contributed by atoms with Gasteiger partial charge in [-0.05, 0) is 20.8 Å². The van der Waals surface area contributed by atoms with Crippen molar-refractivity contribution in [3.63, 3.8) is 0 Å². The van der Waals surface area contributed by atoms with Crippen LogP contribution in [-0.2, 0) is 32.9 Å². The maximum atomic E-state index is 14.4. The van der Waals surface area contributed by atoms with E-state index in [9.17, 15) is 23.7 Å². The lowest BCUT2D eigenvalue weighted by molar-refractivity contribution is -0.142. The largest absolute Gasteiger partial charge is 0.479 e. The van der Waals surface area contributed by atoms with Gasteiger partial charge in [0.2, 0.25) is 11.8 Å². The van der Waals surface area contributed by atoms with E-state index in [1.165, 1.54) is 24.9 Å². The Morgan fingerprint density at radius 2 is 1.82 bits per heavy atom. The highest BCUT2D eigenvalue weighted by molar-refractivity contribution is 7.54. The Balaban J connectivity index is 2.28. The lowest BCUT2D eigenvalue weighted by atomic mass is 10.1. The first-order valence-electron chi connectivity index (χ1n) is 12.0. The van der Waals surface area contributed by atoms with Crippen LogP contribution in [0.3, 0.4) is 0 Å². The van der Waals surface area contributed by atoms with Gasteiger partial charge < -0.3 is 34.3 Å². The molecule has 0 saturated heterocycles. The lowest BCUT2D eigenvalue weighted by Gasteiger charge is -2.29. The van der Waals surface area contributed by atoms with Gasteiger partial charge in [0.1, 0.15) is 31.5 Å². The van der Waals surface area contributed by atoms with Crippen molar-refractivity contribution >= 4 is 36.7 Å². The molecule has 2 heterocycles. The summed E-state index contributed by atoms with van der Waals surface area (Å²) in [5, 5.41) is 15.2. The van der Waals surface area contributed by atoms with Crippen LogP contribution in [0.5, 0.6) is 5.88 Å². The molecule has 0 aromatic carbocycles. The van der Waals surface area contributed by atoms with Crippen LogP contribution < -0.4 is 20.6 Å². The van der Waals surface area contributed by atoms with Crippen LogP contribution in [0.25, 0.3) is 11.2 Å². The molecule has 0 saturated carbocycles. The van der Waals surface area contributed by atoms with Gasteiger partial charge in [-0.25, -0.2) is 19.5 Å². The summed E-state index contributed by atoms with van der Waals surface area (Å²) in [6.07, 6.45) is -0.189. The topological polar surface area (TPSA) is 211 Å². The summed E-state index contributed by atoms with van der Waals surface area (Å²) in [5.41, 5.74) is 6.20. The number of nitrogen functional groups attached to an aromatic ring is 1. The zero-order chi connectivity index (χ0) is 29.9. The quantitative estimate of drug-likeness (QED) is 0.109. The second-order valence-corrected chi connectivity index (χ2v) is 9.87. The summed E-state index contributed by atoms with van der Waals surface area (Å²) >= 11 is 0. The Hall–Kier alpha value is -3.39. The summed E-state index contributed by atoms with van der Waals surface area (Å²) in [6, 6.07) is 0. The number of fused-ring (bicyclic) bond motifs is 1. The Morgan fingerprint density at radius 1 is 1.23 bits per heavy atom. The van der Waals surface area contributed by atoms with Crippen molar-refractivity contribution in [1.82, 2.24) is 29.7 Å². The van der Waals surface area contributed by atoms with Crippen LogP contribution in [-0.4, -0.2) is 95.0 Å². The van der Waals surface area contributed by atoms with E-state index < -0.39 is 63.9 Å². The number of carbonyl (C=O) groups excluding carboxylic acids is 2. The normalized spacial score (nSPS) is 14.6. The Labute approximate surface area is 229 Å². The number of hydrogen-bond donors (Lipinski definition) is 4. The Morgan fingerprint density at radius 3 is 2.35 bits per heavy atom. The fraction of sp³-hybridized carbons (Fsp3) is 0.591. The van der Waals surface area contributed by atoms with Gasteiger partial charge in [0.15, 0.2) is 17.3 Å². The van der Waals surface area contributed by atoms with Crippen molar-refractivity contribution in [1.29, 1.82) is 0 Å². The van der Waals surface area contributed by atoms with Crippen LogP contribution in [0.2, 0.25) is 0 Å². The van der Waals surface area contributed by atoms with Crippen LogP contribution in [0.15, 0.2) is 6.33 Å². The number of hydrogen-bond acceptors (Lipinski definition) is 13. The van der Waals surface area contributed by atoms with Crippen molar-refractivity contribution in [3.05, 3.63) is 6.33 Å². The number of methoxy groups -OCH3 is 1. The van der Waals surface area contributed by atoms with Gasteiger partial charge in [0.25, 0.3) is 0 Å². The standard InChI is InChI=1S/C22H33FN7O9P/c1-6-14(23)19(33)15(39-13(4)30-12-25-18-20(30)28-22(24)29-21(18)35-5)11-38-40(34,26-9-16(31)36-7-2)27-10-17(32)37-8-3/h1,12-15,19,33H,7-11H2,2-5H3,(H2,24,28,29)(H2,26,27,34)/t13?,14?,15-,19?/m1/s1. The number of nitrogens with zero attached hydrogens (tertiary/aromatic N) is 4. The van der Waals surface area contributed by atoms with Crippen LogP contribution >= 0.6 is 7.67 Å². The third-order valence-corrected chi connectivity index (χ3v) is 6.76. The minimum absolute atomic E-state index is 0.0667. The number of aromatic nitrogens is 4. The lowest BCUT2D eigenvalue weighted by Crippen LogP contribution is -2.42. The first-order chi connectivity index (χ1) is 19.0. The molecule has 0 fully saturated rings. The van der Waals surface area contributed by atoms with E-state index in [0.717, 1.165) is 0 Å². The second kappa shape index (κ2) is 15.4. The second-order valence-electron chi connectivity index (χ2n) is 7.88. The third-order valence-electron chi connectivity index (χ3n) is 5.10. The van der Waals surface area contributed by atoms with Crippen LogP contribution in [0.4, 0.5) is 10.3 Å². The van der Waals surface area contributed by atoms with E-state index >= 15 is 0 Å². The molecule has 2 rings (SSSR count). The maximum absolute atomic E-state index is 14.4. The van der Waals surface area contributed by atoms with Gasteiger partial charge in [0, 0.05) is 0 Å². The molecule has 0 aliphatic carbocycles. The van der Waals surface area contributed by atoms with Crippen molar-refractivity contribution in [2.75, 3.05) is 45.8 Å². The number of anilines is 1. The molecule has 0 bridgehead atoms. The number of nitrogens with one attached hydrogen (secondary N) is 2. The average molecular weight is 590 g/mol. The first kappa shape index (κ1) is 32.8. The molecular formula is C22H33FN7O9P. The van der Waals surface area contributed by atoms with E-state index in [-0.39, 0.29) is 36.2 Å². The molecule has 0 radical (unpaired) electrons. The zero-order valence-corrected chi connectivity index (χ0v) is 23.3. The van der Waals surface area contributed by atoms with Gasteiger partial charge in [-0.15, -0.1) is 6.42 Å². The third kappa shape index (κ3) is 9.08. The first-order valence-corrected chi connectivity index (χ1v) is 13.6. The number of imidazole rings is 1. The predicted octanol–water partition coefficient (Wildman–Crippen LogP) is 0.0831. The van der Waals surface area contributed by atoms with Gasteiger partial charge in [0.05, 0.1) is 33.3 Å². The number of rotatable bonds is 17. The Bertz CT molecular complexity index is 1220. The fourth-order valence-electron chi connectivity index (χ4n) is 3.23. The van der Waals surface area contributed by atoms with Gasteiger partial charge in [-0.1, -0.05) is 5.92 Å². The van der Waals surface area contributed by atoms with Crippen LogP contribution in [0.1, 0.15) is 27.0 Å². The van der Waals surface area contributed by atoms with Crippen molar-refractivity contribution in [2.24, 2.45) is 0 Å². The summed E-state index contributed by atoms with van der Waals surface area (Å²) in [6.45, 7) is 2.97. The van der Waals surface area contributed by atoms with Gasteiger partial charge >= 0.3 is 19.6 Å². The summed E-state index contributed by atoms with van der Waals surface area (Å²) in [7, 11) is -2.84. The average Bonchev–Trinajstić information content (AvgIpc) is 3.36. The van der Waals surface area contributed by atoms with E-state index in [2.05, 4.69) is 25.1 Å². The van der Waals surface area contributed by atoms with Gasteiger partial charge in [-0.2, -0.15) is 9.97 Å².